The van der Waals surface area contributed by atoms with E-state index in [0.717, 1.165) is 11.1 Å². The van der Waals surface area contributed by atoms with E-state index in [9.17, 15) is 20.1 Å². The predicted octanol–water partition coefficient (Wildman–Crippen LogP) is 2.47. The van der Waals surface area contributed by atoms with Crippen LogP contribution in [0.5, 0.6) is 17.2 Å². The molecule has 0 bridgehead atoms. The van der Waals surface area contributed by atoms with Crippen molar-refractivity contribution < 1.29 is 29.6 Å². The number of hydrogen-bond donors (Lipinski definition) is 3. The molecule has 0 unspecified atom stereocenters. The van der Waals surface area contributed by atoms with Crippen LogP contribution in [0.2, 0.25) is 0 Å². The normalized spacial score (nSPS) is 11.5. The maximum absolute atomic E-state index is 12.0. The van der Waals surface area contributed by atoms with Gasteiger partial charge in [0.15, 0.2) is 0 Å². The summed E-state index contributed by atoms with van der Waals surface area (Å²) >= 11 is 0. The predicted molar refractivity (Wildman–Crippen MR) is 97.9 cm³/mol. The molecule has 138 valence electrons. The lowest BCUT2D eigenvalue weighted by molar-refractivity contribution is -0.149. The molecule has 0 saturated heterocycles. The molecule has 0 aliphatic heterocycles. The van der Waals surface area contributed by atoms with Gasteiger partial charge in [-0.3, -0.25) is 4.79 Å². The third-order valence-electron chi connectivity index (χ3n) is 3.90. The van der Waals surface area contributed by atoms with Crippen molar-refractivity contribution in [2.45, 2.75) is 6.92 Å². The van der Waals surface area contributed by atoms with Gasteiger partial charge in [0.25, 0.3) is 0 Å². The molecule has 0 heterocycles. The molecule has 0 aliphatic rings. The largest absolute Gasteiger partial charge is 0.508 e. The van der Waals surface area contributed by atoms with Crippen LogP contribution in [0.15, 0.2) is 42.5 Å². The summed E-state index contributed by atoms with van der Waals surface area (Å²) in [6.07, 6.45) is 3.66. The van der Waals surface area contributed by atoms with Gasteiger partial charge in [-0.1, -0.05) is 24.3 Å². The highest BCUT2D eigenvalue weighted by Crippen LogP contribution is 2.24. The summed E-state index contributed by atoms with van der Waals surface area (Å²) in [6, 6.07) is 11.7. The fraction of sp³-hybridized carbons (Fsp3) is 0.250. The molecule has 0 atom stereocenters. The number of methoxy groups -OCH3 is 1. The standard InChI is InChI=1S/C20H22O6/c1-20(12-21,13-22)19(24)26-17-7-5-14(6-8-17)3-4-15-9-16(23)11-18(10-15)25-2/h3-11,21-23H,12-13H2,1-2H3. The van der Waals surface area contributed by atoms with Crippen LogP contribution in [0.25, 0.3) is 12.2 Å². The number of aliphatic hydroxyl groups is 2. The Balaban J connectivity index is 2.08. The van der Waals surface area contributed by atoms with Gasteiger partial charge >= 0.3 is 5.97 Å². The summed E-state index contributed by atoms with van der Waals surface area (Å²) in [4.78, 5) is 12.0. The molecule has 0 aliphatic carbocycles. The number of hydrogen-bond acceptors (Lipinski definition) is 6. The van der Waals surface area contributed by atoms with Crippen LogP contribution in [0.3, 0.4) is 0 Å². The first-order valence-corrected chi connectivity index (χ1v) is 8.00. The van der Waals surface area contributed by atoms with Crippen molar-refractivity contribution in [3.63, 3.8) is 0 Å². The number of ether oxygens (including phenoxy) is 2. The van der Waals surface area contributed by atoms with Gasteiger partial charge in [0.2, 0.25) is 0 Å². The Hall–Kier alpha value is -2.83. The summed E-state index contributed by atoms with van der Waals surface area (Å²) in [6.45, 7) is 0.420. The highest BCUT2D eigenvalue weighted by molar-refractivity contribution is 5.79. The van der Waals surface area contributed by atoms with Crippen molar-refractivity contribution >= 4 is 18.1 Å². The third-order valence-corrected chi connectivity index (χ3v) is 3.90. The van der Waals surface area contributed by atoms with E-state index in [0.29, 0.717) is 11.5 Å². The number of carbonyl (C=O) groups is 1. The van der Waals surface area contributed by atoms with Crippen molar-refractivity contribution in [2.75, 3.05) is 20.3 Å². The Bertz CT molecular complexity index is 775. The van der Waals surface area contributed by atoms with Crippen molar-refractivity contribution in [1.82, 2.24) is 0 Å². The zero-order valence-corrected chi connectivity index (χ0v) is 14.7. The Kier molecular flexibility index (Phi) is 6.38. The molecule has 6 nitrogen and oxygen atoms in total. The molecule has 0 aromatic heterocycles. The third kappa shape index (κ3) is 4.84. The summed E-state index contributed by atoms with van der Waals surface area (Å²) < 4.78 is 10.3. The van der Waals surface area contributed by atoms with Crippen LogP contribution in [0.1, 0.15) is 18.1 Å². The van der Waals surface area contributed by atoms with Crippen molar-refractivity contribution in [3.05, 3.63) is 53.6 Å². The molecule has 2 aromatic carbocycles. The minimum absolute atomic E-state index is 0.113. The minimum atomic E-state index is -1.34. The van der Waals surface area contributed by atoms with Crippen LogP contribution in [-0.2, 0) is 4.79 Å². The highest BCUT2D eigenvalue weighted by Gasteiger charge is 2.34. The lowest BCUT2D eigenvalue weighted by atomic mass is 9.93. The summed E-state index contributed by atoms with van der Waals surface area (Å²) in [5.41, 5.74) is 0.297. The molecule has 0 fully saturated rings. The molecule has 6 heteroatoms. The highest BCUT2D eigenvalue weighted by atomic mass is 16.5. The van der Waals surface area contributed by atoms with E-state index in [-0.39, 0.29) is 5.75 Å². The van der Waals surface area contributed by atoms with Gasteiger partial charge in [0.05, 0.1) is 20.3 Å². The van der Waals surface area contributed by atoms with Crippen molar-refractivity contribution in [2.24, 2.45) is 5.41 Å². The maximum atomic E-state index is 12.0. The van der Waals surface area contributed by atoms with Crippen LogP contribution < -0.4 is 9.47 Å². The molecule has 0 saturated carbocycles. The van der Waals surface area contributed by atoms with Crippen molar-refractivity contribution in [1.29, 1.82) is 0 Å². The van der Waals surface area contributed by atoms with E-state index >= 15 is 0 Å². The van der Waals surface area contributed by atoms with Crippen molar-refractivity contribution in [3.8, 4) is 17.2 Å². The fourth-order valence-electron chi connectivity index (χ4n) is 2.07. The monoisotopic (exact) mass is 358 g/mol. The lowest BCUT2D eigenvalue weighted by Gasteiger charge is -2.21. The molecule has 3 N–H and O–H groups in total. The van der Waals surface area contributed by atoms with E-state index in [2.05, 4.69) is 0 Å². The number of rotatable bonds is 7. The average molecular weight is 358 g/mol. The van der Waals surface area contributed by atoms with Gasteiger partial charge in [0.1, 0.15) is 22.7 Å². The number of carbonyl (C=O) groups excluding carboxylic acids is 1. The second kappa shape index (κ2) is 8.51. The Labute approximate surface area is 151 Å². The van der Waals surface area contributed by atoms with E-state index in [1.165, 1.54) is 20.1 Å². The van der Waals surface area contributed by atoms with Crippen LogP contribution in [0.4, 0.5) is 0 Å². The second-order valence-electron chi connectivity index (χ2n) is 6.13. The molecule has 2 aromatic rings. The van der Waals surface area contributed by atoms with Crippen LogP contribution in [-0.4, -0.2) is 41.6 Å². The van der Waals surface area contributed by atoms with Gasteiger partial charge in [-0.2, -0.15) is 0 Å². The SMILES string of the molecule is COc1cc(O)cc(C=Cc2ccc(OC(=O)C(C)(CO)CO)cc2)c1. The Morgan fingerprint density at radius 2 is 1.62 bits per heavy atom. The zero-order valence-electron chi connectivity index (χ0n) is 14.7. The molecule has 0 radical (unpaired) electrons. The van der Waals surface area contributed by atoms with Gasteiger partial charge in [-0.15, -0.1) is 0 Å². The molecular formula is C20H22O6. The second-order valence-corrected chi connectivity index (χ2v) is 6.13. The average Bonchev–Trinajstić information content (AvgIpc) is 2.66. The Morgan fingerprint density at radius 3 is 2.19 bits per heavy atom. The number of phenolic OH excluding ortho intramolecular Hbond substituents is 1. The van der Waals surface area contributed by atoms with E-state index < -0.39 is 24.6 Å². The summed E-state index contributed by atoms with van der Waals surface area (Å²) in [7, 11) is 1.53. The Morgan fingerprint density at radius 1 is 1.00 bits per heavy atom. The molecule has 0 amide bonds. The van der Waals surface area contributed by atoms with Crippen LogP contribution in [0, 0.1) is 5.41 Å². The molecular weight excluding hydrogens is 336 g/mol. The topological polar surface area (TPSA) is 96.2 Å². The van der Waals surface area contributed by atoms with E-state index in [1.807, 2.05) is 12.2 Å². The minimum Gasteiger partial charge on any atom is -0.508 e. The first kappa shape index (κ1) is 19.5. The number of aliphatic hydroxyl groups excluding tert-OH is 2. The first-order chi connectivity index (χ1) is 12.4. The lowest BCUT2D eigenvalue weighted by Crippen LogP contribution is -2.38. The first-order valence-electron chi connectivity index (χ1n) is 8.00. The summed E-state index contributed by atoms with van der Waals surface area (Å²) in [5.74, 6) is 0.293. The molecule has 2 rings (SSSR count). The quantitative estimate of drug-likeness (QED) is 0.400. The number of esters is 1. The smallest absolute Gasteiger partial charge is 0.321 e. The van der Waals surface area contributed by atoms with Gasteiger partial charge < -0.3 is 24.8 Å². The van der Waals surface area contributed by atoms with Gasteiger partial charge in [-0.25, -0.2) is 0 Å². The zero-order chi connectivity index (χ0) is 19.2. The van der Waals surface area contributed by atoms with E-state index in [4.69, 9.17) is 9.47 Å². The van der Waals surface area contributed by atoms with Crippen LogP contribution >= 0.6 is 0 Å². The van der Waals surface area contributed by atoms with E-state index in [1.54, 1.807) is 36.4 Å². The number of phenols is 1. The fourth-order valence-corrected chi connectivity index (χ4v) is 2.07. The number of aromatic hydroxyl groups is 1. The number of benzene rings is 2. The molecule has 26 heavy (non-hydrogen) atoms. The van der Waals surface area contributed by atoms with Gasteiger partial charge in [-0.05, 0) is 42.3 Å². The summed E-state index contributed by atoms with van der Waals surface area (Å²) in [5, 5.41) is 28.1. The maximum Gasteiger partial charge on any atom is 0.321 e. The van der Waals surface area contributed by atoms with Gasteiger partial charge in [0, 0.05) is 6.07 Å². The molecule has 0 spiro atoms.